The highest BCUT2D eigenvalue weighted by atomic mass is 32.2. The number of rotatable bonds is 9. The van der Waals surface area contributed by atoms with Gasteiger partial charge in [-0.05, 0) is 38.0 Å². The molecule has 3 amide bonds. The van der Waals surface area contributed by atoms with Gasteiger partial charge >= 0.3 is 0 Å². The highest BCUT2D eigenvalue weighted by Crippen LogP contribution is 2.30. The Balaban J connectivity index is 1.77. The van der Waals surface area contributed by atoms with Gasteiger partial charge in [-0.3, -0.25) is 14.4 Å². The van der Waals surface area contributed by atoms with E-state index in [1.54, 1.807) is 19.1 Å². The van der Waals surface area contributed by atoms with E-state index in [-0.39, 0.29) is 35.9 Å². The Bertz CT molecular complexity index is 1140. The third-order valence-electron chi connectivity index (χ3n) is 5.63. The van der Waals surface area contributed by atoms with Crippen LogP contribution in [0.3, 0.4) is 0 Å². The fraction of sp³-hybridized carbons (Fsp3) is 0.375. The van der Waals surface area contributed by atoms with Gasteiger partial charge in [0, 0.05) is 26.1 Å². The van der Waals surface area contributed by atoms with Gasteiger partial charge in [0.05, 0.1) is 5.56 Å². The van der Waals surface area contributed by atoms with Crippen LogP contribution in [0, 0.1) is 6.92 Å². The molecule has 33 heavy (non-hydrogen) atoms. The fourth-order valence-electron chi connectivity index (χ4n) is 3.66. The molecule has 9 heteroatoms. The van der Waals surface area contributed by atoms with Gasteiger partial charge in [-0.25, -0.2) is 12.7 Å². The van der Waals surface area contributed by atoms with Crippen molar-refractivity contribution in [3.63, 3.8) is 0 Å². The zero-order chi connectivity index (χ0) is 24.2. The monoisotopic (exact) mass is 471 g/mol. The van der Waals surface area contributed by atoms with Gasteiger partial charge in [0.1, 0.15) is 10.9 Å². The molecular formula is C24H29N3O5S. The Labute approximate surface area is 194 Å². The van der Waals surface area contributed by atoms with Gasteiger partial charge in [0.25, 0.3) is 15.9 Å². The Kier molecular flexibility index (Phi) is 7.53. The number of benzene rings is 2. The SMILES string of the molecule is CCCNC(=O)C(C)N(Cc1ccc(C)cc1)C(=O)CCN1C(=O)c2ccccc2S1(=O)=O. The number of fused-ring (bicyclic) bond motifs is 1. The molecule has 1 N–H and O–H groups in total. The maximum atomic E-state index is 13.2. The van der Waals surface area contributed by atoms with Gasteiger partial charge in [0.15, 0.2) is 0 Å². The smallest absolute Gasteiger partial charge is 0.269 e. The molecule has 1 heterocycles. The van der Waals surface area contributed by atoms with Crippen molar-refractivity contribution < 1.29 is 22.8 Å². The third-order valence-corrected chi connectivity index (χ3v) is 7.47. The van der Waals surface area contributed by atoms with Crippen LogP contribution in [-0.2, 0) is 26.2 Å². The van der Waals surface area contributed by atoms with Crippen molar-refractivity contribution in [3.8, 4) is 0 Å². The van der Waals surface area contributed by atoms with Crippen molar-refractivity contribution in [2.24, 2.45) is 0 Å². The van der Waals surface area contributed by atoms with Crippen molar-refractivity contribution >= 4 is 27.7 Å². The number of aryl methyl sites for hydroxylation is 1. The summed E-state index contributed by atoms with van der Waals surface area (Å²) in [6.45, 7) is 5.94. The van der Waals surface area contributed by atoms with Crippen LogP contribution in [0.4, 0.5) is 0 Å². The number of hydrogen-bond donors (Lipinski definition) is 1. The highest BCUT2D eigenvalue weighted by Gasteiger charge is 2.41. The van der Waals surface area contributed by atoms with Gasteiger partial charge in [-0.1, -0.05) is 48.9 Å². The molecule has 0 bridgehead atoms. The first-order valence-corrected chi connectivity index (χ1v) is 12.4. The summed E-state index contributed by atoms with van der Waals surface area (Å²) in [4.78, 5) is 39.8. The van der Waals surface area contributed by atoms with E-state index in [0.717, 1.165) is 21.9 Å². The molecular weight excluding hydrogens is 442 g/mol. The van der Waals surface area contributed by atoms with Crippen LogP contribution < -0.4 is 5.32 Å². The molecule has 2 aromatic rings. The molecule has 0 spiro atoms. The van der Waals surface area contributed by atoms with Crippen molar-refractivity contribution in [3.05, 3.63) is 65.2 Å². The molecule has 1 unspecified atom stereocenters. The van der Waals surface area contributed by atoms with Crippen molar-refractivity contribution in [1.29, 1.82) is 0 Å². The minimum atomic E-state index is -4.00. The van der Waals surface area contributed by atoms with Crippen LogP contribution in [0.1, 0.15) is 48.2 Å². The van der Waals surface area contributed by atoms with E-state index in [0.29, 0.717) is 6.54 Å². The van der Waals surface area contributed by atoms with Gasteiger partial charge in [-0.2, -0.15) is 0 Å². The minimum Gasteiger partial charge on any atom is -0.354 e. The lowest BCUT2D eigenvalue weighted by molar-refractivity contribution is -0.140. The molecule has 2 aromatic carbocycles. The van der Waals surface area contributed by atoms with Crippen LogP contribution in [0.2, 0.25) is 0 Å². The Morgan fingerprint density at radius 2 is 1.76 bits per heavy atom. The Morgan fingerprint density at radius 1 is 1.09 bits per heavy atom. The molecule has 0 fully saturated rings. The van der Waals surface area contributed by atoms with E-state index in [2.05, 4.69) is 5.32 Å². The standard InChI is InChI=1S/C24H29N3O5S/c1-4-14-25-23(29)18(3)26(16-19-11-9-17(2)10-12-19)22(28)13-15-27-24(30)20-7-5-6-8-21(20)33(27,31)32/h5-12,18H,4,13-16H2,1-3H3,(H,25,29). The molecule has 8 nitrogen and oxygen atoms in total. The molecule has 0 radical (unpaired) electrons. The molecule has 1 atom stereocenters. The predicted molar refractivity (Wildman–Crippen MR) is 124 cm³/mol. The molecule has 1 aliphatic rings. The number of carbonyl (C=O) groups is 3. The molecule has 1 aliphatic heterocycles. The maximum absolute atomic E-state index is 13.2. The number of hydrogen-bond acceptors (Lipinski definition) is 5. The van der Waals surface area contributed by atoms with E-state index in [1.807, 2.05) is 38.1 Å². The number of nitrogens with one attached hydrogen (secondary N) is 1. The van der Waals surface area contributed by atoms with E-state index < -0.39 is 27.9 Å². The maximum Gasteiger partial charge on any atom is 0.269 e. The molecule has 0 aliphatic carbocycles. The summed E-state index contributed by atoms with van der Waals surface area (Å²) >= 11 is 0. The zero-order valence-electron chi connectivity index (χ0n) is 19.1. The van der Waals surface area contributed by atoms with E-state index in [4.69, 9.17) is 0 Å². The summed E-state index contributed by atoms with van der Waals surface area (Å²) in [5.74, 6) is -1.33. The van der Waals surface area contributed by atoms with Crippen LogP contribution in [-0.4, -0.2) is 54.5 Å². The van der Waals surface area contributed by atoms with Gasteiger partial charge < -0.3 is 10.2 Å². The fourth-order valence-corrected chi connectivity index (χ4v) is 5.23. The third kappa shape index (κ3) is 5.24. The largest absolute Gasteiger partial charge is 0.354 e. The number of nitrogens with zero attached hydrogens (tertiary/aromatic N) is 2. The molecule has 0 saturated carbocycles. The topological polar surface area (TPSA) is 104 Å². The number of carbonyl (C=O) groups excluding carboxylic acids is 3. The van der Waals surface area contributed by atoms with Crippen molar-refractivity contribution in [2.75, 3.05) is 13.1 Å². The number of sulfonamides is 1. The van der Waals surface area contributed by atoms with Crippen LogP contribution >= 0.6 is 0 Å². The van der Waals surface area contributed by atoms with Crippen molar-refractivity contribution in [1.82, 2.24) is 14.5 Å². The first kappa shape index (κ1) is 24.4. The summed E-state index contributed by atoms with van der Waals surface area (Å²) in [6, 6.07) is 12.9. The van der Waals surface area contributed by atoms with E-state index >= 15 is 0 Å². The summed E-state index contributed by atoms with van der Waals surface area (Å²) in [7, 11) is -4.00. The first-order chi connectivity index (χ1) is 15.7. The Morgan fingerprint density at radius 3 is 2.39 bits per heavy atom. The summed E-state index contributed by atoms with van der Waals surface area (Å²) in [5.41, 5.74) is 2.03. The Hall–Kier alpha value is -3.20. The van der Waals surface area contributed by atoms with E-state index in [1.165, 1.54) is 17.0 Å². The van der Waals surface area contributed by atoms with Gasteiger partial charge in [0.2, 0.25) is 11.8 Å². The second kappa shape index (κ2) is 10.2. The van der Waals surface area contributed by atoms with Crippen LogP contribution in [0.5, 0.6) is 0 Å². The summed E-state index contributed by atoms with van der Waals surface area (Å²) in [6.07, 6.45) is 0.538. The summed E-state index contributed by atoms with van der Waals surface area (Å²) in [5, 5.41) is 2.80. The first-order valence-electron chi connectivity index (χ1n) is 11.0. The van der Waals surface area contributed by atoms with E-state index in [9.17, 15) is 22.8 Å². The normalized spacial score (nSPS) is 15.1. The minimum absolute atomic E-state index is 0.0497. The average molecular weight is 472 g/mol. The lowest BCUT2D eigenvalue weighted by Gasteiger charge is -2.29. The molecule has 3 rings (SSSR count). The lowest BCUT2D eigenvalue weighted by Crippen LogP contribution is -2.48. The quantitative estimate of drug-likeness (QED) is 0.605. The summed E-state index contributed by atoms with van der Waals surface area (Å²) < 4.78 is 26.3. The second-order valence-corrected chi connectivity index (χ2v) is 9.93. The highest BCUT2D eigenvalue weighted by molar-refractivity contribution is 7.90. The van der Waals surface area contributed by atoms with Crippen LogP contribution in [0.25, 0.3) is 0 Å². The van der Waals surface area contributed by atoms with Crippen molar-refractivity contribution in [2.45, 2.75) is 51.1 Å². The predicted octanol–water partition coefficient (Wildman–Crippen LogP) is 2.47. The zero-order valence-corrected chi connectivity index (χ0v) is 19.9. The average Bonchev–Trinajstić information content (AvgIpc) is 3.00. The van der Waals surface area contributed by atoms with Crippen LogP contribution in [0.15, 0.2) is 53.4 Å². The molecule has 0 saturated heterocycles. The molecule has 176 valence electrons. The second-order valence-electron chi connectivity index (χ2n) is 8.10. The van der Waals surface area contributed by atoms with Gasteiger partial charge in [-0.15, -0.1) is 0 Å². The lowest BCUT2D eigenvalue weighted by atomic mass is 10.1. The molecule has 0 aromatic heterocycles. The number of amides is 3.